The zero-order chi connectivity index (χ0) is 12.8. The van der Waals surface area contributed by atoms with Gasteiger partial charge in [0, 0.05) is 31.5 Å². The fraction of sp³-hybridized carbons (Fsp3) is 0.714. The van der Waals surface area contributed by atoms with Gasteiger partial charge in [-0.25, -0.2) is 9.97 Å². The van der Waals surface area contributed by atoms with Crippen molar-refractivity contribution in [3.63, 3.8) is 0 Å². The van der Waals surface area contributed by atoms with Crippen molar-refractivity contribution in [2.75, 3.05) is 31.1 Å². The molecule has 0 unspecified atom stereocenters. The molecule has 0 aliphatic carbocycles. The number of aryl methyl sites for hydroxylation is 2. The first-order valence-corrected chi connectivity index (χ1v) is 7.15. The third kappa shape index (κ3) is 3.19. The maximum atomic E-state index is 4.79. The maximum absolute atomic E-state index is 4.79. The van der Waals surface area contributed by atoms with E-state index in [1.54, 1.807) is 0 Å². The number of hydrogen-bond donors (Lipinski definition) is 1. The Kier molecular flexibility index (Phi) is 4.93. The Morgan fingerprint density at radius 3 is 2.94 bits per heavy atom. The van der Waals surface area contributed by atoms with Crippen molar-refractivity contribution in [1.29, 1.82) is 0 Å². The zero-order valence-corrected chi connectivity index (χ0v) is 11.6. The average Bonchev–Trinajstić information content (AvgIpc) is 2.68. The molecular formula is C14H24N4. The standard InChI is InChI=1S/C14H24N4/c1-3-6-13-12(4-2)11-16-14(17-13)18-9-5-7-15-8-10-18/h11,15H,3-10H2,1-2H3. The van der Waals surface area contributed by atoms with Crippen molar-refractivity contribution < 1.29 is 0 Å². The molecule has 4 heteroatoms. The Morgan fingerprint density at radius 1 is 1.28 bits per heavy atom. The van der Waals surface area contributed by atoms with Gasteiger partial charge in [-0.1, -0.05) is 20.3 Å². The summed E-state index contributed by atoms with van der Waals surface area (Å²) in [6, 6.07) is 0. The van der Waals surface area contributed by atoms with Gasteiger partial charge in [0.15, 0.2) is 0 Å². The molecule has 2 rings (SSSR count). The van der Waals surface area contributed by atoms with E-state index in [2.05, 4.69) is 29.0 Å². The van der Waals surface area contributed by atoms with Crippen molar-refractivity contribution in [2.45, 2.75) is 39.5 Å². The minimum absolute atomic E-state index is 0.916. The molecule has 2 heterocycles. The fourth-order valence-electron chi connectivity index (χ4n) is 2.38. The number of hydrogen-bond acceptors (Lipinski definition) is 4. The molecule has 100 valence electrons. The minimum atomic E-state index is 0.916. The van der Waals surface area contributed by atoms with Gasteiger partial charge >= 0.3 is 0 Å². The van der Waals surface area contributed by atoms with Crippen molar-refractivity contribution in [3.8, 4) is 0 Å². The van der Waals surface area contributed by atoms with Crippen LogP contribution in [0.5, 0.6) is 0 Å². The van der Waals surface area contributed by atoms with Gasteiger partial charge in [-0.3, -0.25) is 0 Å². The lowest BCUT2D eigenvalue weighted by Crippen LogP contribution is -2.29. The Morgan fingerprint density at radius 2 is 2.17 bits per heavy atom. The van der Waals surface area contributed by atoms with E-state index in [1.165, 1.54) is 17.7 Å². The third-order valence-corrected chi connectivity index (χ3v) is 3.43. The van der Waals surface area contributed by atoms with Gasteiger partial charge in [-0.15, -0.1) is 0 Å². The minimum Gasteiger partial charge on any atom is -0.339 e. The topological polar surface area (TPSA) is 41.1 Å². The summed E-state index contributed by atoms with van der Waals surface area (Å²) in [6.45, 7) is 8.58. The van der Waals surface area contributed by atoms with Crippen molar-refractivity contribution in [3.05, 3.63) is 17.5 Å². The van der Waals surface area contributed by atoms with Gasteiger partial charge < -0.3 is 10.2 Å². The molecule has 0 amide bonds. The van der Waals surface area contributed by atoms with Crippen LogP contribution in [0.3, 0.4) is 0 Å². The summed E-state index contributed by atoms with van der Waals surface area (Å²) in [5.41, 5.74) is 2.54. The summed E-state index contributed by atoms with van der Waals surface area (Å²) in [5.74, 6) is 0.916. The molecule has 18 heavy (non-hydrogen) atoms. The van der Waals surface area contributed by atoms with Crippen LogP contribution in [0.1, 0.15) is 37.9 Å². The molecule has 1 N–H and O–H groups in total. The van der Waals surface area contributed by atoms with Gasteiger partial charge in [0.25, 0.3) is 0 Å². The van der Waals surface area contributed by atoms with Crippen LogP contribution >= 0.6 is 0 Å². The smallest absolute Gasteiger partial charge is 0.225 e. The Balaban J connectivity index is 2.18. The predicted octanol–water partition coefficient (Wildman–Crippen LogP) is 1.79. The zero-order valence-electron chi connectivity index (χ0n) is 11.6. The van der Waals surface area contributed by atoms with E-state index in [4.69, 9.17) is 4.98 Å². The van der Waals surface area contributed by atoms with E-state index in [1.807, 2.05) is 6.20 Å². The molecule has 0 saturated carbocycles. The Hall–Kier alpha value is -1.16. The van der Waals surface area contributed by atoms with E-state index in [0.29, 0.717) is 0 Å². The van der Waals surface area contributed by atoms with Crippen LogP contribution < -0.4 is 10.2 Å². The normalized spacial score (nSPS) is 16.7. The summed E-state index contributed by atoms with van der Waals surface area (Å²) < 4.78 is 0. The first kappa shape index (κ1) is 13.3. The molecule has 4 nitrogen and oxygen atoms in total. The van der Waals surface area contributed by atoms with Gasteiger partial charge in [-0.2, -0.15) is 0 Å². The maximum Gasteiger partial charge on any atom is 0.225 e. The molecular weight excluding hydrogens is 224 g/mol. The van der Waals surface area contributed by atoms with Crippen LogP contribution in [-0.2, 0) is 12.8 Å². The molecule has 1 fully saturated rings. The molecule has 1 aliphatic heterocycles. The van der Waals surface area contributed by atoms with Crippen LogP contribution in [-0.4, -0.2) is 36.1 Å². The van der Waals surface area contributed by atoms with Crippen LogP contribution in [0.2, 0.25) is 0 Å². The van der Waals surface area contributed by atoms with E-state index in [0.717, 1.165) is 51.4 Å². The summed E-state index contributed by atoms with van der Waals surface area (Å²) >= 11 is 0. The third-order valence-electron chi connectivity index (χ3n) is 3.43. The molecule has 1 saturated heterocycles. The van der Waals surface area contributed by atoms with E-state index in [9.17, 15) is 0 Å². The molecule has 0 aromatic carbocycles. The van der Waals surface area contributed by atoms with Crippen molar-refractivity contribution >= 4 is 5.95 Å². The SMILES string of the molecule is CCCc1nc(N2CCCNCC2)ncc1CC. The summed E-state index contributed by atoms with van der Waals surface area (Å²) in [4.78, 5) is 11.6. The van der Waals surface area contributed by atoms with Crippen LogP contribution in [0, 0.1) is 0 Å². The van der Waals surface area contributed by atoms with Gasteiger partial charge in [0.05, 0.1) is 0 Å². The number of nitrogens with zero attached hydrogens (tertiary/aromatic N) is 3. The van der Waals surface area contributed by atoms with Gasteiger partial charge in [0.2, 0.25) is 5.95 Å². The highest BCUT2D eigenvalue weighted by Gasteiger charge is 2.13. The molecule has 0 atom stereocenters. The van der Waals surface area contributed by atoms with E-state index >= 15 is 0 Å². The van der Waals surface area contributed by atoms with Crippen LogP contribution in [0.15, 0.2) is 6.20 Å². The first-order valence-electron chi connectivity index (χ1n) is 7.15. The Labute approximate surface area is 110 Å². The summed E-state index contributed by atoms with van der Waals surface area (Å²) in [7, 11) is 0. The highest BCUT2D eigenvalue weighted by atomic mass is 15.3. The highest BCUT2D eigenvalue weighted by Crippen LogP contribution is 2.15. The summed E-state index contributed by atoms with van der Waals surface area (Å²) in [5, 5.41) is 3.41. The van der Waals surface area contributed by atoms with Crippen LogP contribution in [0.25, 0.3) is 0 Å². The van der Waals surface area contributed by atoms with Crippen molar-refractivity contribution in [2.24, 2.45) is 0 Å². The predicted molar refractivity (Wildman–Crippen MR) is 75.1 cm³/mol. The summed E-state index contributed by atoms with van der Waals surface area (Å²) in [6.07, 6.45) is 6.42. The second-order valence-electron chi connectivity index (χ2n) is 4.84. The molecule has 0 spiro atoms. The number of aromatic nitrogens is 2. The lowest BCUT2D eigenvalue weighted by atomic mass is 10.1. The Bertz CT molecular complexity index is 370. The number of anilines is 1. The second kappa shape index (κ2) is 6.69. The highest BCUT2D eigenvalue weighted by molar-refractivity contribution is 5.33. The van der Waals surface area contributed by atoms with E-state index < -0.39 is 0 Å². The molecule has 0 bridgehead atoms. The molecule has 1 aromatic rings. The van der Waals surface area contributed by atoms with Crippen molar-refractivity contribution in [1.82, 2.24) is 15.3 Å². The number of nitrogens with one attached hydrogen (secondary N) is 1. The van der Waals surface area contributed by atoms with Crippen LogP contribution in [0.4, 0.5) is 5.95 Å². The molecule has 1 aromatic heterocycles. The lowest BCUT2D eigenvalue weighted by Gasteiger charge is -2.21. The quantitative estimate of drug-likeness (QED) is 0.882. The van der Waals surface area contributed by atoms with Gasteiger partial charge in [-0.05, 0) is 31.4 Å². The lowest BCUT2D eigenvalue weighted by molar-refractivity contribution is 0.724. The monoisotopic (exact) mass is 248 g/mol. The van der Waals surface area contributed by atoms with Gasteiger partial charge in [0.1, 0.15) is 0 Å². The second-order valence-corrected chi connectivity index (χ2v) is 4.84. The largest absolute Gasteiger partial charge is 0.339 e. The van der Waals surface area contributed by atoms with E-state index in [-0.39, 0.29) is 0 Å². The first-order chi connectivity index (χ1) is 8.85. The molecule has 1 aliphatic rings. The number of rotatable bonds is 4. The molecule has 0 radical (unpaired) electrons. The fourth-order valence-corrected chi connectivity index (χ4v) is 2.38. The average molecular weight is 248 g/mol.